The predicted molar refractivity (Wildman–Crippen MR) is 55.9 cm³/mol. The molecule has 0 spiro atoms. The van der Waals surface area contributed by atoms with E-state index in [1.54, 1.807) is 18.0 Å². The van der Waals surface area contributed by atoms with Crippen LogP contribution < -0.4 is 5.73 Å². The highest BCUT2D eigenvalue weighted by atomic mass is 32.2. The largest absolute Gasteiger partial charge is 0.397 e. The summed E-state index contributed by atoms with van der Waals surface area (Å²) in [6, 6.07) is 3.78. The van der Waals surface area contributed by atoms with Gasteiger partial charge in [0.15, 0.2) is 0 Å². The molecule has 0 aliphatic carbocycles. The Labute approximate surface area is 82.7 Å². The molecule has 0 fully saturated rings. The minimum Gasteiger partial charge on any atom is -0.397 e. The predicted octanol–water partition coefficient (Wildman–Crippen LogP) is 1.79. The van der Waals surface area contributed by atoms with Crippen LogP contribution >= 0.6 is 11.8 Å². The number of ether oxygens (including phenoxy) is 1. The van der Waals surface area contributed by atoms with Gasteiger partial charge in [0.05, 0.1) is 23.5 Å². The maximum atomic E-state index is 5.51. The van der Waals surface area contributed by atoms with Crippen LogP contribution in [0.15, 0.2) is 23.4 Å². The first-order chi connectivity index (χ1) is 6.33. The topological polar surface area (TPSA) is 48.1 Å². The maximum Gasteiger partial charge on any atom is 0.0962 e. The second-order valence-corrected chi connectivity index (χ2v) is 3.59. The number of aromatic nitrogens is 1. The van der Waals surface area contributed by atoms with Gasteiger partial charge in [-0.25, -0.2) is 4.98 Å². The Bertz CT molecular complexity index is 238. The van der Waals surface area contributed by atoms with Gasteiger partial charge in [0.2, 0.25) is 0 Å². The molecule has 0 atom stereocenters. The van der Waals surface area contributed by atoms with Crippen molar-refractivity contribution in [2.45, 2.75) is 11.9 Å². The highest BCUT2D eigenvalue weighted by Gasteiger charge is 1.94. The smallest absolute Gasteiger partial charge is 0.0962 e. The first kappa shape index (κ1) is 10.3. The van der Waals surface area contributed by atoms with Crippen molar-refractivity contribution >= 4 is 17.4 Å². The van der Waals surface area contributed by atoms with Crippen molar-refractivity contribution in [2.75, 3.05) is 24.7 Å². The highest BCUT2D eigenvalue weighted by molar-refractivity contribution is 7.99. The maximum absolute atomic E-state index is 5.51. The van der Waals surface area contributed by atoms with Crippen LogP contribution in [0.5, 0.6) is 0 Å². The van der Waals surface area contributed by atoms with Crippen molar-refractivity contribution in [3.63, 3.8) is 0 Å². The van der Waals surface area contributed by atoms with Gasteiger partial charge in [-0.15, -0.1) is 11.8 Å². The molecule has 0 unspecified atom stereocenters. The Morgan fingerprint density at radius 3 is 3.00 bits per heavy atom. The number of thioether (sulfide) groups is 1. The fraction of sp³-hybridized carbons (Fsp3) is 0.444. The molecule has 1 aromatic heterocycles. The molecule has 4 heteroatoms. The minimum absolute atomic E-state index is 0.703. The monoisotopic (exact) mass is 198 g/mol. The van der Waals surface area contributed by atoms with Gasteiger partial charge in [0.1, 0.15) is 0 Å². The van der Waals surface area contributed by atoms with Crippen molar-refractivity contribution in [3.8, 4) is 0 Å². The summed E-state index contributed by atoms with van der Waals surface area (Å²) >= 11 is 1.68. The normalized spacial score (nSPS) is 10.2. The molecule has 2 N–H and O–H groups in total. The lowest BCUT2D eigenvalue weighted by Gasteiger charge is -2.01. The molecule has 3 nitrogen and oxygen atoms in total. The summed E-state index contributed by atoms with van der Waals surface area (Å²) in [5, 5.41) is 0.994. The minimum atomic E-state index is 0.703. The molecule has 72 valence electrons. The summed E-state index contributed by atoms with van der Waals surface area (Å²) in [4.78, 5) is 4.16. The van der Waals surface area contributed by atoms with E-state index < -0.39 is 0 Å². The number of rotatable bonds is 5. The third-order valence-electron chi connectivity index (χ3n) is 1.44. The number of hydrogen-bond donors (Lipinski definition) is 1. The van der Waals surface area contributed by atoms with Crippen molar-refractivity contribution in [1.29, 1.82) is 0 Å². The van der Waals surface area contributed by atoms with Gasteiger partial charge < -0.3 is 10.5 Å². The van der Waals surface area contributed by atoms with E-state index in [0.29, 0.717) is 5.69 Å². The van der Waals surface area contributed by atoms with Crippen LogP contribution in [-0.2, 0) is 4.74 Å². The molecule has 0 bridgehead atoms. The SMILES string of the molecule is CCOCCSc1ccc(N)cn1. The summed E-state index contributed by atoms with van der Waals surface area (Å²) in [6.07, 6.45) is 1.67. The fourth-order valence-electron chi connectivity index (χ4n) is 0.827. The molecule has 0 aromatic carbocycles. The van der Waals surface area contributed by atoms with Crippen molar-refractivity contribution < 1.29 is 4.74 Å². The average molecular weight is 198 g/mol. The zero-order valence-corrected chi connectivity index (χ0v) is 8.51. The van der Waals surface area contributed by atoms with E-state index in [1.807, 2.05) is 19.1 Å². The molecule has 0 saturated carbocycles. The lowest BCUT2D eigenvalue weighted by Crippen LogP contribution is -1.96. The molecule has 1 heterocycles. The summed E-state index contributed by atoms with van der Waals surface area (Å²) in [5.74, 6) is 0.935. The molecule has 0 radical (unpaired) electrons. The molecule has 0 saturated heterocycles. The molecule has 1 rings (SSSR count). The van der Waals surface area contributed by atoms with E-state index in [-0.39, 0.29) is 0 Å². The molecule has 0 aliphatic heterocycles. The van der Waals surface area contributed by atoms with Gasteiger partial charge in [0, 0.05) is 12.4 Å². The number of nitrogens with two attached hydrogens (primary N) is 1. The average Bonchev–Trinajstić information content (AvgIpc) is 2.15. The van der Waals surface area contributed by atoms with Gasteiger partial charge in [-0.3, -0.25) is 0 Å². The fourth-order valence-corrected chi connectivity index (χ4v) is 1.53. The molecular weight excluding hydrogens is 184 g/mol. The number of nitrogen functional groups attached to an aromatic ring is 1. The van der Waals surface area contributed by atoms with E-state index in [0.717, 1.165) is 24.0 Å². The van der Waals surface area contributed by atoms with Gasteiger partial charge in [-0.05, 0) is 19.1 Å². The van der Waals surface area contributed by atoms with Crippen molar-refractivity contribution in [3.05, 3.63) is 18.3 Å². The Hall–Kier alpha value is -0.740. The van der Waals surface area contributed by atoms with Crippen LogP contribution in [0.3, 0.4) is 0 Å². The standard InChI is InChI=1S/C9H14N2OS/c1-2-12-5-6-13-9-4-3-8(10)7-11-9/h3-4,7H,2,5-6,10H2,1H3. The van der Waals surface area contributed by atoms with E-state index in [1.165, 1.54) is 0 Å². The van der Waals surface area contributed by atoms with Crippen LogP contribution in [0.2, 0.25) is 0 Å². The van der Waals surface area contributed by atoms with Crippen molar-refractivity contribution in [2.24, 2.45) is 0 Å². The van der Waals surface area contributed by atoms with E-state index >= 15 is 0 Å². The zero-order chi connectivity index (χ0) is 9.52. The number of nitrogens with zero attached hydrogens (tertiary/aromatic N) is 1. The van der Waals surface area contributed by atoms with Crippen LogP contribution in [0.1, 0.15) is 6.92 Å². The summed E-state index contributed by atoms with van der Waals surface area (Å²) in [5.41, 5.74) is 6.21. The third-order valence-corrected chi connectivity index (χ3v) is 2.35. The Kier molecular flexibility index (Phi) is 4.64. The Morgan fingerprint density at radius 2 is 2.38 bits per heavy atom. The lowest BCUT2D eigenvalue weighted by atomic mass is 10.4. The van der Waals surface area contributed by atoms with Gasteiger partial charge >= 0.3 is 0 Å². The first-order valence-electron chi connectivity index (χ1n) is 4.25. The molecule has 1 aromatic rings. The molecule has 0 aliphatic rings. The number of anilines is 1. The highest BCUT2D eigenvalue weighted by Crippen LogP contribution is 2.15. The Balaban J connectivity index is 2.25. The van der Waals surface area contributed by atoms with Gasteiger partial charge in [0.25, 0.3) is 0 Å². The quantitative estimate of drug-likeness (QED) is 0.579. The van der Waals surface area contributed by atoms with Crippen LogP contribution in [0.25, 0.3) is 0 Å². The first-order valence-corrected chi connectivity index (χ1v) is 5.23. The summed E-state index contributed by atoms with van der Waals surface area (Å²) in [6.45, 7) is 3.54. The second-order valence-electron chi connectivity index (χ2n) is 2.48. The number of hydrogen-bond acceptors (Lipinski definition) is 4. The molecule has 0 amide bonds. The van der Waals surface area contributed by atoms with Crippen LogP contribution in [0, 0.1) is 0 Å². The molecular formula is C9H14N2OS. The Morgan fingerprint density at radius 1 is 1.54 bits per heavy atom. The van der Waals surface area contributed by atoms with Gasteiger partial charge in [-0.1, -0.05) is 0 Å². The van der Waals surface area contributed by atoms with E-state index in [4.69, 9.17) is 10.5 Å². The van der Waals surface area contributed by atoms with Crippen LogP contribution in [0.4, 0.5) is 5.69 Å². The summed E-state index contributed by atoms with van der Waals surface area (Å²) in [7, 11) is 0. The van der Waals surface area contributed by atoms with E-state index in [9.17, 15) is 0 Å². The summed E-state index contributed by atoms with van der Waals surface area (Å²) < 4.78 is 5.21. The second kappa shape index (κ2) is 5.83. The van der Waals surface area contributed by atoms with Crippen LogP contribution in [-0.4, -0.2) is 24.0 Å². The zero-order valence-electron chi connectivity index (χ0n) is 7.69. The lowest BCUT2D eigenvalue weighted by molar-refractivity contribution is 0.164. The molecule has 13 heavy (non-hydrogen) atoms. The van der Waals surface area contributed by atoms with Crippen molar-refractivity contribution in [1.82, 2.24) is 4.98 Å². The third kappa shape index (κ3) is 4.15. The van der Waals surface area contributed by atoms with E-state index in [2.05, 4.69) is 4.98 Å². The van der Waals surface area contributed by atoms with Gasteiger partial charge in [-0.2, -0.15) is 0 Å². The number of pyridine rings is 1.